The highest BCUT2D eigenvalue weighted by molar-refractivity contribution is 9.10. The van der Waals surface area contributed by atoms with Crippen molar-refractivity contribution in [2.75, 3.05) is 20.2 Å². The van der Waals surface area contributed by atoms with Crippen LogP contribution in [0.3, 0.4) is 0 Å². The zero-order valence-electron chi connectivity index (χ0n) is 11.0. The van der Waals surface area contributed by atoms with Crippen LogP contribution < -0.4 is 5.32 Å². The quantitative estimate of drug-likeness (QED) is 0.864. The normalized spacial score (nSPS) is 21.1. The monoisotopic (exact) mass is 311 g/mol. The Morgan fingerprint density at radius 1 is 1.50 bits per heavy atom. The summed E-state index contributed by atoms with van der Waals surface area (Å²) in [5.41, 5.74) is 1.41. The fourth-order valence-electron chi connectivity index (χ4n) is 2.65. The van der Waals surface area contributed by atoms with Crippen LogP contribution in [-0.4, -0.2) is 26.3 Å². The van der Waals surface area contributed by atoms with E-state index >= 15 is 0 Å². The molecule has 1 aromatic carbocycles. The Morgan fingerprint density at radius 3 is 3.06 bits per heavy atom. The van der Waals surface area contributed by atoms with Crippen molar-refractivity contribution in [1.29, 1.82) is 0 Å². The van der Waals surface area contributed by atoms with Crippen LogP contribution in [0.4, 0.5) is 0 Å². The molecule has 0 aromatic heterocycles. The molecule has 2 unspecified atom stereocenters. The molecule has 1 saturated heterocycles. The zero-order chi connectivity index (χ0) is 12.8. The van der Waals surface area contributed by atoms with Crippen LogP contribution in [-0.2, 0) is 4.74 Å². The highest BCUT2D eigenvalue weighted by Crippen LogP contribution is 2.27. The number of nitrogens with one attached hydrogen (secondary N) is 1. The van der Waals surface area contributed by atoms with Gasteiger partial charge in [-0.15, -0.1) is 0 Å². The van der Waals surface area contributed by atoms with Crippen molar-refractivity contribution in [1.82, 2.24) is 5.32 Å². The summed E-state index contributed by atoms with van der Waals surface area (Å²) in [4.78, 5) is 0. The van der Waals surface area contributed by atoms with Gasteiger partial charge >= 0.3 is 0 Å². The fourth-order valence-corrected chi connectivity index (χ4v) is 3.07. The first kappa shape index (κ1) is 14.0. The average Bonchev–Trinajstić information content (AvgIpc) is 2.87. The number of ether oxygens (including phenoxy) is 1. The number of benzene rings is 1. The topological polar surface area (TPSA) is 21.3 Å². The van der Waals surface area contributed by atoms with E-state index in [4.69, 9.17) is 4.74 Å². The van der Waals surface area contributed by atoms with Gasteiger partial charge < -0.3 is 10.1 Å². The second-order valence-corrected chi connectivity index (χ2v) is 5.94. The molecular formula is C15H22BrNO. The molecule has 1 aromatic rings. The lowest BCUT2D eigenvalue weighted by atomic mass is 9.92. The minimum Gasteiger partial charge on any atom is -0.378 e. The molecule has 3 heteroatoms. The van der Waals surface area contributed by atoms with E-state index < -0.39 is 0 Å². The zero-order valence-corrected chi connectivity index (χ0v) is 12.6. The smallest absolute Gasteiger partial charge is 0.0576 e. The first-order valence-electron chi connectivity index (χ1n) is 6.81. The van der Waals surface area contributed by atoms with Crippen LogP contribution in [0.25, 0.3) is 0 Å². The number of likely N-dealkylation sites (N-methyl/N-ethyl adjacent to an activating group) is 1. The van der Waals surface area contributed by atoms with Crippen LogP contribution in [0, 0.1) is 0 Å². The number of hydrogen-bond acceptors (Lipinski definition) is 2. The van der Waals surface area contributed by atoms with Crippen molar-refractivity contribution in [2.45, 2.75) is 37.7 Å². The Morgan fingerprint density at radius 2 is 2.39 bits per heavy atom. The summed E-state index contributed by atoms with van der Waals surface area (Å²) in [5.74, 6) is 0.580. The van der Waals surface area contributed by atoms with Crippen LogP contribution in [0.5, 0.6) is 0 Å². The van der Waals surface area contributed by atoms with E-state index in [1.54, 1.807) is 0 Å². The molecule has 2 atom stereocenters. The Bertz CT molecular complexity index is 363. The van der Waals surface area contributed by atoms with Gasteiger partial charge in [0.25, 0.3) is 0 Å². The first-order chi connectivity index (χ1) is 8.79. The summed E-state index contributed by atoms with van der Waals surface area (Å²) >= 11 is 3.55. The standard InChI is InChI=1S/C15H22BrNO/c1-17-11-13(7-8-15-6-3-9-18-15)12-4-2-5-14(16)10-12/h2,4-5,10,13,15,17H,3,6-9,11H2,1H3. The summed E-state index contributed by atoms with van der Waals surface area (Å²) in [6, 6.07) is 8.66. The van der Waals surface area contributed by atoms with Crippen molar-refractivity contribution < 1.29 is 4.74 Å². The molecular weight excluding hydrogens is 290 g/mol. The number of hydrogen-bond donors (Lipinski definition) is 1. The Labute approximate surface area is 118 Å². The van der Waals surface area contributed by atoms with Crippen molar-refractivity contribution >= 4 is 15.9 Å². The molecule has 2 nitrogen and oxygen atoms in total. The van der Waals surface area contributed by atoms with Gasteiger partial charge in [-0.2, -0.15) is 0 Å². The largest absolute Gasteiger partial charge is 0.378 e. The second kappa shape index (κ2) is 7.27. The lowest BCUT2D eigenvalue weighted by Gasteiger charge is -2.19. The molecule has 1 heterocycles. The SMILES string of the molecule is CNCC(CCC1CCCO1)c1cccc(Br)c1. The minimum absolute atomic E-state index is 0.497. The van der Waals surface area contributed by atoms with E-state index in [1.165, 1.54) is 35.7 Å². The van der Waals surface area contributed by atoms with Crippen LogP contribution in [0.15, 0.2) is 28.7 Å². The summed E-state index contributed by atoms with van der Waals surface area (Å²) < 4.78 is 6.88. The molecule has 1 fully saturated rings. The van der Waals surface area contributed by atoms with Gasteiger partial charge in [0.1, 0.15) is 0 Å². The van der Waals surface area contributed by atoms with E-state index in [9.17, 15) is 0 Å². The summed E-state index contributed by atoms with van der Waals surface area (Å²) in [6.45, 7) is 1.99. The molecule has 18 heavy (non-hydrogen) atoms. The third-order valence-electron chi connectivity index (χ3n) is 3.63. The van der Waals surface area contributed by atoms with Gasteiger partial charge in [-0.1, -0.05) is 28.1 Å². The van der Waals surface area contributed by atoms with E-state index in [0.717, 1.165) is 13.2 Å². The highest BCUT2D eigenvalue weighted by atomic mass is 79.9. The maximum atomic E-state index is 5.71. The van der Waals surface area contributed by atoms with Gasteiger partial charge in [0.2, 0.25) is 0 Å². The van der Waals surface area contributed by atoms with Gasteiger partial charge in [0.15, 0.2) is 0 Å². The third-order valence-corrected chi connectivity index (χ3v) is 4.12. The molecule has 2 rings (SSSR count). The Kier molecular flexibility index (Phi) is 5.67. The van der Waals surface area contributed by atoms with Crippen molar-refractivity contribution in [2.24, 2.45) is 0 Å². The van der Waals surface area contributed by atoms with E-state index in [2.05, 4.69) is 45.5 Å². The van der Waals surface area contributed by atoms with Gasteiger partial charge in [-0.25, -0.2) is 0 Å². The molecule has 0 saturated carbocycles. The van der Waals surface area contributed by atoms with E-state index in [1.807, 2.05) is 7.05 Å². The highest BCUT2D eigenvalue weighted by Gasteiger charge is 2.18. The maximum Gasteiger partial charge on any atom is 0.0576 e. The summed E-state index contributed by atoms with van der Waals surface area (Å²) in [5, 5.41) is 3.31. The maximum absolute atomic E-state index is 5.71. The fraction of sp³-hybridized carbons (Fsp3) is 0.600. The van der Waals surface area contributed by atoms with Crippen molar-refractivity contribution in [3.8, 4) is 0 Å². The van der Waals surface area contributed by atoms with Crippen LogP contribution in [0.2, 0.25) is 0 Å². The second-order valence-electron chi connectivity index (χ2n) is 5.02. The van der Waals surface area contributed by atoms with Crippen LogP contribution in [0.1, 0.15) is 37.2 Å². The molecule has 1 aliphatic heterocycles. The summed E-state index contributed by atoms with van der Waals surface area (Å²) in [6.07, 6.45) is 5.35. The first-order valence-corrected chi connectivity index (χ1v) is 7.60. The molecule has 0 aliphatic carbocycles. The predicted molar refractivity (Wildman–Crippen MR) is 79.0 cm³/mol. The van der Waals surface area contributed by atoms with E-state index in [-0.39, 0.29) is 0 Å². The summed E-state index contributed by atoms with van der Waals surface area (Å²) in [7, 11) is 2.02. The molecule has 100 valence electrons. The molecule has 1 aliphatic rings. The van der Waals surface area contributed by atoms with Crippen molar-refractivity contribution in [3.63, 3.8) is 0 Å². The lowest BCUT2D eigenvalue weighted by molar-refractivity contribution is 0.101. The van der Waals surface area contributed by atoms with Gasteiger partial charge in [0, 0.05) is 17.6 Å². The van der Waals surface area contributed by atoms with E-state index in [0.29, 0.717) is 12.0 Å². The number of halogens is 1. The lowest BCUT2D eigenvalue weighted by Crippen LogP contribution is -2.19. The Hall–Kier alpha value is -0.380. The minimum atomic E-state index is 0.497. The molecule has 1 N–H and O–H groups in total. The molecule has 0 radical (unpaired) electrons. The third kappa shape index (κ3) is 4.08. The number of rotatable bonds is 6. The van der Waals surface area contributed by atoms with Gasteiger partial charge in [-0.05, 0) is 56.3 Å². The van der Waals surface area contributed by atoms with Gasteiger partial charge in [-0.3, -0.25) is 0 Å². The Balaban J connectivity index is 1.94. The van der Waals surface area contributed by atoms with Crippen molar-refractivity contribution in [3.05, 3.63) is 34.3 Å². The van der Waals surface area contributed by atoms with Crippen LogP contribution >= 0.6 is 15.9 Å². The average molecular weight is 312 g/mol. The molecule has 0 amide bonds. The molecule has 0 spiro atoms. The molecule has 0 bridgehead atoms. The van der Waals surface area contributed by atoms with Gasteiger partial charge in [0.05, 0.1) is 6.10 Å². The predicted octanol–water partition coefficient (Wildman–Crippen LogP) is 3.71.